The smallest absolute Gasteiger partial charge is 0.239 e. The van der Waals surface area contributed by atoms with Crippen molar-refractivity contribution in [1.82, 2.24) is 29.7 Å². The maximum absolute atomic E-state index is 10.2. The van der Waals surface area contributed by atoms with E-state index in [-0.39, 0.29) is 12.1 Å². The molecule has 5 rings (SSSR count). The predicted molar refractivity (Wildman–Crippen MR) is 109 cm³/mol. The third-order valence-electron chi connectivity index (χ3n) is 4.87. The molecule has 2 N–H and O–H groups in total. The molecule has 1 saturated carbocycles. The van der Waals surface area contributed by atoms with E-state index in [0.717, 1.165) is 41.0 Å². The van der Waals surface area contributed by atoms with Gasteiger partial charge in [-0.15, -0.1) is 0 Å². The zero-order valence-electron chi connectivity index (χ0n) is 15.5. The Kier molecular flexibility index (Phi) is 4.78. The lowest BCUT2D eigenvalue weighted by Crippen LogP contribution is -2.36. The number of aromatic nitrogens is 6. The van der Waals surface area contributed by atoms with Gasteiger partial charge in [0, 0.05) is 6.07 Å². The van der Waals surface area contributed by atoms with E-state index in [4.69, 9.17) is 4.74 Å². The predicted octanol–water partition coefficient (Wildman–Crippen LogP) is 3.17. The molecule has 0 saturated heterocycles. The van der Waals surface area contributed by atoms with Crippen molar-refractivity contribution in [3.8, 4) is 17.4 Å². The first kappa shape index (κ1) is 18.0. The van der Waals surface area contributed by atoms with Gasteiger partial charge in [-0.2, -0.15) is 10.1 Å². The lowest BCUT2D eigenvalue weighted by molar-refractivity contribution is 0.116. The van der Waals surface area contributed by atoms with Crippen molar-refractivity contribution in [3.05, 3.63) is 43.2 Å². The van der Waals surface area contributed by atoms with Crippen LogP contribution in [0.2, 0.25) is 0 Å². The molecule has 0 bridgehead atoms. The highest BCUT2D eigenvalue weighted by atomic mass is 32.1. The number of nitrogens with one attached hydrogen (secondary N) is 1. The van der Waals surface area contributed by atoms with Gasteiger partial charge < -0.3 is 15.2 Å². The van der Waals surface area contributed by atoms with Crippen LogP contribution in [0.15, 0.2) is 43.2 Å². The van der Waals surface area contributed by atoms with E-state index in [1.807, 2.05) is 18.2 Å². The number of nitrogens with zero attached hydrogens (tertiary/aromatic N) is 6. The fourth-order valence-corrected chi connectivity index (χ4v) is 4.37. The Morgan fingerprint density at radius 1 is 1.14 bits per heavy atom. The van der Waals surface area contributed by atoms with E-state index in [1.54, 1.807) is 30.1 Å². The highest BCUT2D eigenvalue weighted by Gasteiger charge is 2.23. The minimum Gasteiger partial charge on any atom is -0.437 e. The summed E-state index contributed by atoms with van der Waals surface area (Å²) in [6.07, 6.45) is 9.83. The van der Waals surface area contributed by atoms with E-state index in [9.17, 15) is 5.11 Å². The molecule has 1 aromatic carbocycles. The third kappa shape index (κ3) is 3.89. The third-order valence-corrected chi connectivity index (χ3v) is 5.82. The summed E-state index contributed by atoms with van der Waals surface area (Å²) in [6.45, 7) is 0. The average Bonchev–Trinajstić information content (AvgIpc) is 3.39. The van der Waals surface area contributed by atoms with Gasteiger partial charge in [-0.05, 0) is 25.0 Å². The first-order valence-electron chi connectivity index (χ1n) is 9.45. The molecule has 1 aliphatic carbocycles. The van der Waals surface area contributed by atoms with E-state index >= 15 is 0 Å². The molecule has 148 valence electrons. The van der Waals surface area contributed by atoms with Crippen molar-refractivity contribution in [1.29, 1.82) is 0 Å². The molecule has 9 nitrogen and oxygen atoms in total. The van der Waals surface area contributed by atoms with Crippen LogP contribution < -0.4 is 10.1 Å². The highest BCUT2D eigenvalue weighted by Crippen LogP contribution is 2.32. The number of aliphatic hydroxyl groups is 1. The molecule has 3 aromatic heterocycles. The second kappa shape index (κ2) is 7.72. The minimum atomic E-state index is -0.314. The Morgan fingerprint density at radius 3 is 2.93 bits per heavy atom. The second-order valence-electron chi connectivity index (χ2n) is 6.91. The molecule has 29 heavy (non-hydrogen) atoms. The Balaban J connectivity index is 1.34. The summed E-state index contributed by atoms with van der Waals surface area (Å²) in [5, 5.41) is 18.4. The summed E-state index contributed by atoms with van der Waals surface area (Å²) in [4.78, 5) is 17.1. The van der Waals surface area contributed by atoms with Gasteiger partial charge in [0.1, 0.15) is 18.4 Å². The van der Waals surface area contributed by atoms with E-state index < -0.39 is 0 Å². The van der Waals surface area contributed by atoms with Crippen LogP contribution in [0.5, 0.6) is 11.6 Å². The maximum Gasteiger partial charge on any atom is 0.239 e. The molecular formula is C19H19N7O2S. The summed E-state index contributed by atoms with van der Waals surface area (Å²) in [5.74, 6) is 1.54. The topological polar surface area (TPSA) is 111 Å². The summed E-state index contributed by atoms with van der Waals surface area (Å²) in [5.41, 5.74) is 0.887. The number of aliphatic hydroxyl groups excluding tert-OH is 1. The van der Waals surface area contributed by atoms with Gasteiger partial charge in [0.25, 0.3) is 0 Å². The summed E-state index contributed by atoms with van der Waals surface area (Å²) in [7, 11) is 0. The monoisotopic (exact) mass is 409 g/mol. The molecule has 0 aliphatic heterocycles. The summed E-state index contributed by atoms with van der Waals surface area (Å²) >= 11 is 1.55. The quantitative estimate of drug-likeness (QED) is 0.517. The standard InChI is InChI=1S/C19H19N7O2S/c27-15-4-2-1-3-13(15)23-19-24-14-6-5-12(7-16(14)29-19)28-18-9-20-8-17(25-18)26-11-21-10-22-26/h5-11,13,15,27H,1-4H2,(H,23,24)/t13-,15-/m1/s1. The number of anilines is 1. The molecule has 0 unspecified atom stereocenters. The number of benzene rings is 1. The van der Waals surface area contributed by atoms with Crippen molar-refractivity contribution in [2.75, 3.05) is 5.32 Å². The number of fused-ring (bicyclic) bond motifs is 1. The van der Waals surface area contributed by atoms with Gasteiger partial charge in [-0.25, -0.2) is 14.6 Å². The van der Waals surface area contributed by atoms with Crippen LogP contribution in [0.25, 0.3) is 16.0 Å². The van der Waals surface area contributed by atoms with Crippen LogP contribution >= 0.6 is 11.3 Å². The van der Waals surface area contributed by atoms with Crippen molar-refractivity contribution in [3.63, 3.8) is 0 Å². The number of hydrogen-bond donors (Lipinski definition) is 2. The SMILES string of the molecule is O[C@@H]1CCCC[C@H]1Nc1nc2ccc(Oc3cncc(-n4cncn4)n3)cc2s1. The van der Waals surface area contributed by atoms with Gasteiger partial charge >= 0.3 is 0 Å². The van der Waals surface area contributed by atoms with Gasteiger partial charge in [0.15, 0.2) is 10.9 Å². The molecule has 0 radical (unpaired) electrons. The van der Waals surface area contributed by atoms with Crippen LogP contribution in [0, 0.1) is 0 Å². The van der Waals surface area contributed by atoms with Crippen LogP contribution in [0.1, 0.15) is 25.7 Å². The van der Waals surface area contributed by atoms with Crippen LogP contribution in [-0.2, 0) is 0 Å². The maximum atomic E-state index is 10.2. The van der Waals surface area contributed by atoms with E-state index in [0.29, 0.717) is 17.4 Å². The van der Waals surface area contributed by atoms with E-state index in [2.05, 4.69) is 30.4 Å². The number of rotatable bonds is 5. The van der Waals surface area contributed by atoms with Gasteiger partial charge in [-0.1, -0.05) is 24.2 Å². The Morgan fingerprint density at radius 2 is 2.07 bits per heavy atom. The average molecular weight is 409 g/mol. The number of hydrogen-bond acceptors (Lipinski definition) is 9. The zero-order valence-corrected chi connectivity index (χ0v) is 16.3. The molecule has 1 fully saturated rings. The van der Waals surface area contributed by atoms with Crippen molar-refractivity contribution < 1.29 is 9.84 Å². The first-order chi connectivity index (χ1) is 14.2. The van der Waals surface area contributed by atoms with Crippen LogP contribution in [-0.4, -0.2) is 47.0 Å². The first-order valence-corrected chi connectivity index (χ1v) is 10.3. The zero-order chi connectivity index (χ0) is 19.6. The second-order valence-corrected chi connectivity index (χ2v) is 7.94. The molecular weight excluding hydrogens is 390 g/mol. The summed E-state index contributed by atoms with van der Waals surface area (Å²) < 4.78 is 8.40. The molecule has 0 amide bonds. The van der Waals surface area contributed by atoms with Crippen LogP contribution in [0.4, 0.5) is 5.13 Å². The lowest BCUT2D eigenvalue weighted by Gasteiger charge is -2.27. The summed E-state index contributed by atoms with van der Waals surface area (Å²) in [6, 6.07) is 5.76. The minimum absolute atomic E-state index is 0.0647. The Hall–Kier alpha value is -3.11. The highest BCUT2D eigenvalue weighted by molar-refractivity contribution is 7.22. The van der Waals surface area contributed by atoms with Crippen molar-refractivity contribution in [2.24, 2.45) is 0 Å². The van der Waals surface area contributed by atoms with Gasteiger partial charge in [-0.3, -0.25) is 4.98 Å². The fraction of sp³-hybridized carbons (Fsp3) is 0.316. The molecule has 3 heterocycles. The van der Waals surface area contributed by atoms with Crippen LogP contribution in [0.3, 0.4) is 0 Å². The van der Waals surface area contributed by atoms with Crippen molar-refractivity contribution >= 4 is 26.7 Å². The molecule has 10 heteroatoms. The Labute approximate surface area is 170 Å². The molecule has 0 spiro atoms. The van der Waals surface area contributed by atoms with Gasteiger partial charge in [0.05, 0.1) is 34.8 Å². The lowest BCUT2D eigenvalue weighted by atomic mass is 9.93. The number of thiazole rings is 1. The fourth-order valence-electron chi connectivity index (χ4n) is 3.41. The molecule has 1 aliphatic rings. The Bertz CT molecular complexity index is 1110. The largest absolute Gasteiger partial charge is 0.437 e. The number of ether oxygens (including phenoxy) is 1. The normalized spacial score (nSPS) is 19.3. The van der Waals surface area contributed by atoms with Gasteiger partial charge in [0.2, 0.25) is 5.88 Å². The van der Waals surface area contributed by atoms with Crippen molar-refractivity contribution in [2.45, 2.75) is 37.8 Å². The molecule has 4 aromatic rings. The molecule has 2 atom stereocenters. The van der Waals surface area contributed by atoms with E-state index in [1.165, 1.54) is 11.0 Å².